The fourth-order valence-electron chi connectivity index (χ4n) is 1.69. The Bertz CT molecular complexity index is 435. The van der Waals surface area contributed by atoms with Gasteiger partial charge in [-0.2, -0.15) is 0 Å². The van der Waals surface area contributed by atoms with E-state index < -0.39 is 0 Å². The second-order valence-corrected chi connectivity index (χ2v) is 7.15. The number of carbonyl (C=O) groups is 1. The fraction of sp³-hybridized carbons (Fsp3) is 0.750. The molecule has 0 saturated heterocycles. The van der Waals surface area contributed by atoms with Gasteiger partial charge in [0.2, 0.25) is 0 Å². The van der Waals surface area contributed by atoms with E-state index in [9.17, 15) is 4.79 Å². The Labute approximate surface area is 178 Å². The van der Waals surface area contributed by atoms with Crippen LogP contribution in [0.4, 0.5) is 0 Å². The highest BCUT2D eigenvalue weighted by atomic mass is 79.9. The molecule has 7 heteroatoms. The van der Waals surface area contributed by atoms with Crippen LogP contribution in [0.3, 0.4) is 0 Å². The Balaban J connectivity index is 0. The predicted octanol–water partition coefficient (Wildman–Crippen LogP) is 3.87. The number of rotatable bonds is 15. The molecule has 0 rings (SSSR count). The molecule has 0 aliphatic carbocycles. The maximum atomic E-state index is 11.3. The second-order valence-electron chi connectivity index (χ2n) is 6.23. The van der Waals surface area contributed by atoms with Crippen molar-refractivity contribution in [2.24, 2.45) is 5.92 Å². The van der Waals surface area contributed by atoms with Gasteiger partial charge in [-0.05, 0) is 31.0 Å². The number of nitrogens with one attached hydrogen (secondary N) is 1. The van der Waals surface area contributed by atoms with Crippen LogP contribution in [0.1, 0.15) is 46.5 Å². The van der Waals surface area contributed by atoms with Crippen molar-refractivity contribution in [3.05, 3.63) is 12.3 Å². The number of allylic oxidation sites excluding steroid dienone is 1. The summed E-state index contributed by atoms with van der Waals surface area (Å²) < 4.78 is 10.6. The summed E-state index contributed by atoms with van der Waals surface area (Å²) in [6, 6.07) is 0. The minimum atomic E-state index is -0.0778. The summed E-state index contributed by atoms with van der Waals surface area (Å²) in [6.45, 7) is 12.7. The SMILES string of the molecule is C=C(C)NCCOCCOCCC(=O)C(C)C.OCCCCC(Cl)C#CBr. The van der Waals surface area contributed by atoms with E-state index in [0.29, 0.717) is 32.8 Å². The van der Waals surface area contributed by atoms with Gasteiger partial charge in [0.05, 0.1) is 31.8 Å². The van der Waals surface area contributed by atoms with E-state index in [4.69, 9.17) is 26.2 Å². The largest absolute Gasteiger partial charge is 0.396 e. The summed E-state index contributed by atoms with van der Waals surface area (Å²) in [6.07, 6.45) is 3.09. The van der Waals surface area contributed by atoms with Gasteiger partial charge in [0, 0.05) is 47.1 Å². The summed E-state index contributed by atoms with van der Waals surface area (Å²) in [7, 11) is 0. The molecule has 1 atom stereocenters. The molecule has 0 fully saturated rings. The Hall–Kier alpha value is -0.580. The highest BCUT2D eigenvalue weighted by Gasteiger charge is 2.05. The quantitative estimate of drug-likeness (QED) is 0.217. The van der Waals surface area contributed by atoms with E-state index in [1.54, 1.807) is 0 Å². The number of hydrogen-bond acceptors (Lipinski definition) is 5. The van der Waals surface area contributed by atoms with Gasteiger partial charge in [0.1, 0.15) is 5.78 Å². The number of alkyl halides is 1. The second kappa shape index (κ2) is 21.7. The molecular weight excluding hydrogens is 434 g/mol. The van der Waals surface area contributed by atoms with Crippen molar-refractivity contribution in [1.29, 1.82) is 0 Å². The Kier molecular flexibility index (Phi) is 23.0. The number of hydrogen-bond donors (Lipinski definition) is 2. The molecule has 0 spiro atoms. The van der Waals surface area contributed by atoms with Crippen molar-refractivity contribution in [3.63, 3.8) is 0 Å². The lowest BCUT2D eigenvalue weighted by Crippen LogP contribution is -2.18. The van der Waals surface area contributed by atoms with Crippen molar-refractivity contribution >= 4 is 33.3 Å². The normalized spacial score (nSPS) is 11.1. The Morgan fingerprint density at radius 3 is 2.37 bits per heavy atom. The van der Waals surface area contributed by atoms with Gasteiger partial charge in [0.25, 0.3) is 0 Å². The molecule has 2 N–H and O–H groups in total. The lowest BCUT2D eigenvalue weighted by molar-refractivity contribution is -0.123. The van der Waals surface area contributed by atoms with E-state index in [1.807, 2.05) is 20.8 Å². The van der Waals surface area contributed by atoms with E-state index in [-0.39, 0.29) is 23.7 Å². The van der Waals surface area contributed by atoms with Gasteiger partial charge in [-0.3, -0.25) is 4.79 Å². The first-order chi connectivity index (χ1) is 12.8. The number of aliphatic hydroxyl groups is 1. The van der Waals surface area contributed by atoms with Crippen LogP contribution in [0, 0.1) is 16.7 Å². The van der Waals surface area contributed by atoms with Crippen molar-refractivity contribution in [3.8, 4) is 10.8 Å². The van der Waals surface area contributed by atoms with Gasteiger partial charge in [-0.1, -0.05) is 26.3 Å². The molecule has 0 heterocycles. The van der Waals surface area contributed by atoms with Gasteiger partial charge < -0.3 is 19.9 Å². The molecule has 27 heavy (non-hydrogen) atoms. The molecule has 0 bridgehead atoms. The van der Waals surface area contributed by atoms with Crippen LogP contribution in [-0.2, 0) is 14.3 Å². The molecule has 0 aromatic rings. The molecule has 0 aliphatic rings. The molecular formula is C20H35BrClNO4. The summed E-state index contributed by atoms with van der Waals surface area (Å²) in [5.74, 6) is 3.10. The molecule has 5 nitrogen and oxygen atoms in total. The van der Waals surface area contributed by atoms with Gasteiger partial charge >= 0.3 is 0 Å². The summed E-state index contributed by atoms with van der Waals surface area (Å²) in [4.78, 5) is 13.8. The topological polar surface area (TPSA) is 67.8 Å². The van der Waals surface area contributed by atoms with Crippen molar-refractivity contribution in [1.82, 2.24) is 5.32 Å². The first kappa shape index (κ1) is 28.6. The standard InChI is InChI=1S/C13H25NO3.C7H10BrClO/c1-11(2)13(15)5-7-16-9-10-17-8-6-14-12(3)4;8-5-4-7(9)3-1-2-6-10/h11,14H,3,5-10H2,1-2,4H3;7,10H,1-3,6H2. The van der Waals surface area contributed by atoms with E-state index in [0.717, 1.165) is 31.5 Å². The summed E-state index contributed by atoms with van der Waals surface area (Å²) >= 11 is 8.70. The monoisotopic (exact) mass is 467 g/mol. The number of aliphatic hydroxyl groups excluding tert-OH is 1. The van der Waals surface area contributed by atoms with E-state index >= 15 is 0 Å². The van der Waals surface area contributed by atoms with Crippen molar-refractivity contribution in [2.45, 2.75) is 51.8 Å². The lowest BCUT2D eigenvalue weighted by atomic mass is 10.1. The van der Waals surface area contributed by atoms with Gasteiger partial charge in [-0.15, -0.1) is 11.6 Å². The van der Waals surface area contributed by atoms with Gasteiger partial charge in [-0.25, -0.2) is 0 Å². The first-order valence-corrected chi connectivity index (χ1v) is 10.5. The molecule has 158 valence electrons. The van der Waals surface area contributed by atoms with Crippen molar-refractivity contribution in [2.75, 3.05) is 39.6 Å². The number of unbranched alkanes of at least 4 members (excludes halogenated alkanes) is 1. The smallest absolute Gasteiger partial charge is 0.137 e. The number of Topliss-reactive ketones (excluding diaryl/α,β-unsaturated/α-hetero) is 1. The summed E-state index contributed by atoms with van der Waals surface area (Å²) in [5.41, 5.74) is 0.942. The third kappa shape index (κ3) is 25.4. The Morgan fingerprint density at radius 2 is 1.85 bits per heavy atom. The molecule has 0 amide bonds. The molecule has 0 radical (unpaired) electrons. The van der Waals surface area contributed by atoms with E-state index in [1.165, 1.54) is 0 Å². The molecule has 0 aliphatic heterocycles. The lowest BCUT2D eigenvalue weighted by Gasteiger charge is -2.07. The first-order valence-electron chi connectivity index (χ1n) is 9.28. The summed E-state index contributed by atoms with van der Waals surface area (Å²) in [5, 5.41) is 11.4. The van der Waals surface area contributed by atoms with Crippen LogP contribution in [0.25, 0.3) is 0 Å². The Morgan fingerprint density at radius 1 is 1.22 bits per heavy atom. The average Bonchev–Trinajstić information content (AvgIpc) is 2.60. The van der Waals surface area contributed by atoms with Gasteiger partial charge in [0.15, 0.2) is 0 Å². The molecule has 0 aromatic carbocycles. The minimum absolute atomic E-state index is 0.0778. The predicted molar refractivity (Wildman–Crippen MR) is 116 cm³/mol. The average molecular weight is 469 g/mol. The number of ether oxygens (including phenoxy) is 2. The molecule has 0 saturated carbocycles. The zero-order valence-electron chi connectivity index (χ0n) is 16.9. The van der Waals surface area contributed by atoms with Crippen LogP contribution in [0.2, 0.25) is 0 Å². The third-order valence-corrected chi connectivity index (χ3v) is 3.82. The zero-order valence-corrected chi connectivity index (χ0v) is 19.2. The molecule has 0 aromatic heterocycles. The maximum absolute atomic E-state index is 11.3. The minimum Gasteiger partial charge on any atom is -0.396 e. The van der Waals surface area contributed by atoms with Crippen molar-refractivity contribution < 1.29 is 19.4 Å². The molecule has 1 unspecified atom stereocenters. The number of halogens is 2. The van der Waals surface area contributed by atoms with Crippen LogP contribution < -0.4 is 5.32 Å². The number of ketones is 1. The van der Waals surface area contributed by atoms with Crippen LogP contribution in [-0.4, -0.2) is 55.8 Å². The zero-order chi connectivity index (χ0) is 20.9. The highest BCUT2D eigenvalue weighted by Crippen LogP contribution is 2.05. The van der Waals surface area contributed by atoms with E-state index in [2.05, 4.69) is 38.6 Å². The number of carbonyl (C=O) groups excluding carboxylic acids is 1. The van der Waals surface area contributed by atoms with Crippen LogP contribution >= 0.6 is 27.5 Å². The highest BCUT2D eigenvalue weighted by molar-refractivity contribution is 9.12. The van der Waals surface area contributed by atoms with Crippen LogP contribution in [0.15, 0.2) is 12.3 Å². The maximum Gasteiger partial charge on any atom is 0.137 e. The fourth-order valence-corrected chi connectivity index (χ4v) is 2.30. The van der Waals surface area contributed by atoms with Crippen LogP contribution in [0.5, 0.6) is 0 Å². The third-order valence-electron chi connectivity index (χ3n) is 3.26.